The molecule has 0 aliphatic carbocycles. The molecule has 1 amide bonds. The van der Waals surface area contributed by atoms with Gasteiger partial charge in [0, 0.05) is 22.2 Å². The molecule has 240 valence electrons. The Labute approximate surface area is 285 Å². The molecular formula is C38H38ClN5O2S. The van der Waals surface area contributed by atoms with Gasteiger partial charge in [0.25, 0.3) is 5.91 Å². The first kappa shape index (κ1) is 32.4. The molecule has 0 spiro atoms. The summed E-state index contributed by atoms with van der Waals surface area (Å²) in [6.45, 7) is 11.0. The fourth-order valence-corrected chi connectivity index (χ4v) is 6.58. The molecule has 2 N–H and O–H groups in total. The van der Waals surface area contributed by atoms with E-state index in [1.54, 1.807) is 4.68 Å². The molecule has 0 fully saturated rings. The summed E-state index contributed by atoms with van der Waals surface area (Å²) < 4.78 is 7.95. The number of aromatic nitrogens is 3. The number of anilines is 2. The first-order valence-electron chi connectivity index (χ1n) is 15.6. The number of nitrogens with one attached hydrogen (secondary N) is 2. The number of carbonyl (C=O) groups excluding carboxylic acids is 1. The van der Waals surface area contributed by atoms with Crippen molar-refractivity contribution in [1.29, 1.82) is 0 Å². The summed E-state index contributed by atoms with van der Waals surface area (Å²) in [6, 6.07) is 31.4. The zero-order valence-corrected chi connectivity index (χ0v) is 28.7. The van der Waals surface area contributed by atoms with Gasteiger partial charge in [-0.05, 0) is 71.3 Å². The van der Waals surface area contributed by atoms with Gasteiger partial charge >= 0.3 is 0 Å². The van der Waals surface area contributed by atoms with E-state index in [0.29, 0.717) is 39.8 Å². The molecular weight excluding hydrogens is 626 g/mol. The van der Waals surface area contributed by atoms with Crippen molar-refractivity contribution in [3.05, 3.63) is 141 Å². The maximum absolute atomic E-state index is 14.0. The maximum atomic E-state index is 14.0. The van der Waals surface area contributed by atoms with E-state index in [1.165, 1.54) is 17.3 Å². The summed E-state index contributed by atoms with van der Waals surface area (Å²) in [6.07, 6.45) is 0. The molecule has 0 saturated carbocycles. The summed E-state index contributed by atoms with van der Waals surface area (Å²) in [5, 5.41) is 12.6. The minimum absolute atomic E-state index is 0.103. The zero-order valence-electron chi connectivity index (χ0n) is 27.2. The van der Waals surface area contributed by atoms with Crippen LogP contribution in [0.5, 0.6) is 5.75 Å². The third-order valence-corrected chi connectivity index (χ3v) is 9.46. The number of allylic oxidation sites excluding steroid dienone is 1. The van der Waals surface area contributed by atoms with Gasteiger partial charge in [0.05, 0.1) is 5.57 Å². The first-order valence-corrected chi connectivity index (χ1v) is 16.9. The van der Waals surface area contributed by atoms with Gasteiger partial charge in [0.15, 0.2) is 0 Å². The number of aryl methyl sites for hydroxylation is 1. The van der Waals surface area contributed by atoms with Gasteiger partial charge in [0.2, 0.25) is 11.1 Å². The Kier molecular flexibility index (Phi) is 9.43. The third kappa shape index (κ3) is 7.39. The van der Waals surface area contributed by atoms with Crippen LogP contribution in [-0.4, -0.2) is 20.7 Å². The van der Waals surface area contributed by atoms with Crippen LogP contribution in [0.4, 0.5) is 11.6 Å². The van der Waals surface area contributed by atoms with E-state index in [-0.39, 0.29) is 11.3 Å². The number of ether oxygens (including phenoxy) is 1. The Bertz CT molecular complexity index is 1930. The van der Waals surface area contributed by atoms with Gasteiger partial charge in [-0.25, -0.2) is 4.68 Å². The fourth-order valence-electron chi connectivity index (χ4n) is 5.47. The van der Waals surface area contributed by atoms with Crippen molar-refractivity contribution in [1.82, 2.24) is 14.8 Å². The van der Waals surface area contributed by atoms with Crippen LogP contribution in [0.2, 0.25) is 5.02 Å². The van der Waals surface area contributed by atoms with Crippen molar-refractivity contribution < 1.29 is 9.53 Å². The van der Waals surface area contributed by atoms with E-state index in [2.05, 4.69) is 55.7 Å². The SMILES string of the molecule is CC1=C(C(=O)Nc2ccccc2C)C(c2ccc(OCc3ccc(C(C)(C)C)cc3)cc2)n2nc(SCc3ccccc3Cl)nc2N1. The Hall–Kier alpha value is -4.53. The van der Waals surface area contributed by atoms with E-state index in [0.717, 1.165) is 33.7 Å². The second-order valence-electron chi connectivity index (χ2n) is 12.7. The van der Waals surface area contributed by atoms with Crippen molar-refractivity contribution in [2.75, 3.05) is 10.6 Å². The second kappa shape index (κ2) is 13.7. The molecule has 0 radical (unpaired) electrons. The molecule has 7 nitrogen and oxygen atoms in total. The molecule has 4 aromatic carbocycles. The number of hydrogen-bond acceptors (Lipinski definition) is 6. The molecule has 0 saturated heterocycles. The quantitative estimate of drug-likeness (QED) is 0.153. The van der Waals surface area contributed by atoms with Crippen molar-refractivity contribution in [3.63, 3.8) is 0 Å². The van der Waals surface area contributed by atoms with Gasteiger partial charge in [0.1, 0.15) is 18.4 Å². The predicted octanol–water partition coefficient (Wildman–Crippen LogP) is 9.34. The number of nitrogens with zero attached hydrogens (tertiary/aromatic N) is 3. The smallest absolute Gasteiger partial charge is 0.255 e. The summed E-state index contributed by atoms with van der Waals surface area (Å²) in [4.78, 5) is 18.8. The van der Waals surface area contributed by atoms with Crippen molar-refractivity contribution in [3.8, 4) is 5.75 Å². The highest BCUT2D eigenvalue weighted by Crippen LogP contribution is 2.38. The van der Waals surface area contributed by atoms with Crippen LogP contribution in [0.15, 0.2) is 113 Å². The molecule has 2 heterocycles. The Morgan fingerprint density at radius 3 is 2.36 bits per heavy atom. The second-order valence-corrected chi connectivity index (χ2v) is 14.0. The lowest BCUT2D eigenvalue weighted by Crippen LogP contribution is -2.31. The lowest BCUT2D eigenvalue weighted by molar-refractivity contribution is -0.113. The normalized spacial score (nSPS) is 14.4. The number of benzene rings is 4. The zero-order chi connectivity index (χ0) is 33.1. The number of rotatable bonds is 9. The summed E-state index contributed by atoms with van der Waals surface area (Å²) in [5.41, 5.74) is 7.39. The fraction of sp³-hybridized carbons (Fsp3) is 0.237. The standard InChI is InChI=1S/C38H38ClN5O2S/c1-24-10-6-9-13-32(24)41-35(45)33-25(2)40-36-42-37(47-23-28-11-7-8-12-31(28)39)43-44(36)34(33)27-16-20-30(21-17-27)46-22-26-14-18-29(19-15-26)38(3,4)5/h6-21,34H,22-23H2,1-5H3,(H,41,45)(H,40,42,43). The number of para-hydroxylation sites is 1. The lowest BCUT2D eigenvalue weighted by atomic mass is 9.87. The van der Waals surface area contributed by atoms with Crippen LogP contribution in [-0.2, 0) is 22.6 Å². The number of thioether (sulfide) groups is 1. The first-order chi connectivity index (χ1) is 22.6. The molecule has 0 bridgehead atoms. The minimum Gasteiger partial charge on any atom is -0.489 e. The number of fused-ring (bicyclic) bond motifs is 1. The number of hydrogen-bond donors (Lipinski definition) is 2. The number of amides is 1. The van der Waals surface area contributed by atoms with Gasteiger partial charge in [-0.3, -0.25) is 4.79 Å². The highest BCUT2D eigenvalue weighted by Gasteiger charge is 2.34. The molecule has 5 aromatic rings. The molecule has 47 heavy (non-hydrogen) atoms. The molecule has 9 heteroatoms. The van der Waals surface area contributed by atoms with Gasteiger partial charge in [-0.2, -0.15) is 4.98 Å². The molecule has 1 atom stereocenters. The van der Waals surface area contributed by atoms with Crippen molar-refractivity contribution in [2.45, 2.75) is 63.6 Å². The average molecular weight is 664 g/mol. The molecule has 6 rings (SSSR count). The summed E-state index contributed by atoms with van der Waals surface area (Å²) in [5.74, 6) is 1.72. The lowest BCUT2D eigenvalue weighted by Gasteiger charge is -2.29. The van der Waals surface area contributed by atoms with Gasteiger partial charge in [-0.15, -0.1) is 5.10 Å². The van der Waals surface area contributed by atoms with E-state index in [1.807, 2.05) is 86.6 Å². The van der Waals surface area contributed by atoms with Gasteiger partial charge < -0.3 is 15.4 Å². The van der Waals surface area contributed by atoms with Crippen molar-refractivity contribution in [2.24, 2.45) is 0 Å². The van der Waals surface area contributed by atoms with E-state index in [4.69, 9.17) is 26.4 Å². The molecule has 1 aliphatic heterocycles. The van der Waals surface area contributed by atoms with Crippen LogP contribution >= 0.6 is 23.4 Å². The molecule has 1 aromatic heterocycles. The Balaban J connectivity index is 1.27. The van der Waals surface area contributed by atoms with E-state index in [9.17, 15) is 4.79 Å². The Morgan fingerprint density at radius 2 is 1.66 bits per heavy atom. The topological polar surface area (TPSA) is 81.1 Å². The van der Waals surface area contributed by atoms with Crippen molar-refractivity contribution >= 4 is 40.9 Å². The number of carbonyl (C=O) groups is 1. The van der Waals surface area contributed by atoms with E-state index >= 15 is 0 Å². The van der Waals surface area contributed by atoms with Crippen LogP contribution < -0.4 is 15.4 Å². The van der Waals surface area contributed by atoms with Crippen LogP contribution in [0.3, 0.4) is 0 Å². The monoisotopic (exact) mass is 663 g/mol. The minimum atomic E-state index is -0.517. The van der Waals surface area contributed by atoms with Gasteiger partial charge in [-0.1, -0.05) is 117 Å². The average Bonchev–Trinajstić information content (AvgIpc) is 3.46. The van der Waals surface area contributed by atoms with E-state index < -0.39 is 6.04 Å². The summed E-state index contributed by atoms with van der Waals surface area (Å²) >= 11 is 7.90. The van der Waals surface area contributed by atoms with Crippen LogP contribution in [0, 0.1) is 6.92 Å². The highest BCUT2D eigenvalue weighted by atomic mass is 35.5. The van der Waals surface area contributed by atoms with Crippen LogP contribution in [0.25, 0.3) is 0 Å². The third-order valence-electron chi connectivity index (χ3n) is 8.21. The predicted molar refractivity (Wildman–Crippen MR) is 191 cm³/mol. The molecule has 1 aliphatic rings. The molecule has 1 unspecified atom stereocenters. The van der Waals surface area contributed by atoms with Crippen LogP contribution in [0.1, 0.15) is 61.6 Å². The number of halogens is 1. The summed E-state index contributed by atoms with van der Waals surface area (Å²) in [7, 11) is 0. The maximum Gasteiger partial charge on any atom is 0.255 e. The highest BCUT2D eigenvalue weighted by molar-refractivity contribution is 7.98. The largest absolute Gasteiger partial charge is 0.489 e. The Morgan fingerprint density at radius 1 is 0.957 bits per heavy atom.